The lowest BCUT2D eigenvalue weighted by atomic mass is 10.1. The maximum Gasteiger partial charge on any atom is 0.382 e. The third-order valence-electron chi connectivity index (χ3n) is 3.82. The first-order valence-electron chi connectivity index (χ1n) is 6.27. The van der Waals surface area contributed by atoms with Crippen LogP contribution >= 0.6 is 0 Å². The summed E-state index contributed by atoms with van der Waals surface area (Å²) < 4.78 is 10.3. The van der Waals surface area contributed by atoms with Gasteiger partial charge in [0.1, 0.15) is 5.52 Å². The minimum Gasteiger partial charge on any atom is -0.396 e. The smallest absolute Gasteiger partial charge is 0.382 e. The molecule has 0 spiro atoms. The minimum absolute atomic E-state index is 0.868. The predicted molar refractivity (Wildman–Crippen MR) is 69.7 cm³/mol. The molecule has 90 valence electrons. The Morgan fingerprint density at radius 2 is 2.21 bits per heavy atom. The molecule has 0 aliphatic carbocycles. The molecular formula is C15H10N3O+. The summed E-state index contributed by atoms with van der Waals surface area (Å²) in [6.45, 7) is 0.868. The first kappa shape index (κ1) is 9.33. The highest BCUT2D eigenvalue weighted by molar-refractivity contribution is 5.88. The highest BCUT2D eigenvalue weighted by atomic mass is 16.4. The van der Waals surface area contributed by atoms with Crippen molar-refractivity contribution < 1.29 is 8.98 Å². The summed E-state index contributed by atoms with van der Waals surface area (Å²) in [7, 11) is 0. The fourth-order valence-electron chi connectivity index (χ4n) is 2.98. The monoisotopic (exact) mass is 248 g/mol. The second-order valence-corrected chi connectivity index (χ2v) is 4.86. The molecule has 4 aromatic rings. The Morgan fingerprint density at radius 3 is 3.21 bits per heavy atom. The average Bonchev–Trinajstić information content (AvgIpc) is 3.05. The molecule has 0 amide bonds. The van der Waals surface area contributed by atoms with Crippen LogP contribution in [-0.2, 0) is 6.54 Å². The molecule has 0 unspecified atom stereocenters. The molecule has 0 saturated carbocycles. The largest absolute Gasteiger partial charge is 0.396 e. The van der Waals surface area contributed by atoms with Gasteiger partial charge in [-0.1, -0.05) is 18.2 Å². The fraction of sp³-hybridized carbons (Fsp3) is 0.0667. The summed E-state index contributed by atoms with van der Waals surface area (Å²) in [4.78, 5) is 4.21. The quantitative estimate of drug-likeness (QED) is 0.394. The number of rotatable bonds is 0. The van der Waals surface area contributed by atoms with Gasteiger partial charge in [-0.25, -0.2) is 0 Å². The van der Waals surface area contributed by atoms with Gasteiger partial charge in [0.25, 0.3) is 5.52 Å². The molecule has 5 rings (SSSR count). The van der Waals surface area contributed by atoms with Crippen molar-refractivity contribution in [3.63, 3.8) is 0 Å². The Labute approximate surface area is 108 Å². The molecule has 0 atom stereocenters. The predicted octanol–water partition coefficient (Wildman–Crippen LogP) is 2.40. The highest BCUT2D eigenvalue weighted by Crippen LogP contribution is 2.32. The van der Waals surface area contributed by atoms with Gasteiger partial charge in [-0.05, 0) is 6.07 Å². The maximum atomic E-state index is 6.04. The lowest BCUT2D eigenvalue weighted by Gasteiger charge is -1.90. The zero-order valence-electron chi connectivity index (χ0n) is 10.1. The van der Waals surface area contributed by atoms with Crippen LogP contribution < -0.4 is 4.57 Å². The van der Waals surface area contributed by atoms with Gasteiger partial charge in [0.15, 0.2) is 6.54 Å². The van der Waals surface area contributed by atoms with Crippen molar-refractivity contribution in [2.24, 2.45) is 0 Å². The van der Waals surface area contributed by atoms with E-state index in [9.17, 15) is 0 Å². The molecule has 0 fully saturated rings. The SMILES string of the molecule is c1ccc2c(c1)C[n+]1c-2oc2cn3ccncc3c21. The second-order valence-electron chi connectivity index (χ2n) is 4.86. The molecule has 19 heavy (non-hydrogen) atoms. The zero-order chi connectivity index (χ0) is 12.4. The van der Waals surface area contributed by atoms with Crippen molar-refractivity contribution in [3.05, 3.63) is 54.6 Å². The van der Waals surface area contributed by atoms with Crippen LogP contribution in [0.3, 0.4) is 0 Å². The third kappa shape index (κ3) is 1.04. The van der Waals surface area contributed by atoms with Gasteiger partial charge in [0.2, 0.25) is 5.58 Å². The van der Waals surface area contributed by atoms with E-state index in [2.05, 4.69) is 38.2 Å². The number of benzene rings is 1. The van der Waals surface area contributed by atoms with E-state index in [0.29, 0.717) is 0 Å². The third-order valence-corrected chi connectivity index (χ3v) is 3.82. The number of hydrogen-bond acceptors (Lipinski definition) is 2. The summed E-state index contributed by atoms with van der Waals surface area (Å²) in [5.74, 6) is 0.951. The van der Waals surface area contributed by atoms with Gasteiger partial charge in [-0.2, -0.15) is 0 Å². The first-order valence-corrected chi connectivity index (χ1v) is 6.27. The van der Waals surface area contributed by atoms with Crippen molar-refractivity contribution in [2.45, 2.75) is 6.54 Å². The minimum atomic E-state index is 0.868. The van der Waals surface area contributed by atoms with E-state index < -0.39 is 0 Å². The van der Waals surface area contributed by atoms with Gasteiger partial charge < -0.3 is 8.82 Å². The van der Waals surface area contributed by atoms with Crippen molar-refractivity contribution >= 4 is 16.6 Å². The Balaban J connectivity index is 1.94. The van der Waals surface area contributed by atoms with Crippen molar-refractivity contribution in [3.8, 4) is 11.5 Å². The van der Waals surface area contributed by atoms with E-state index in [-0.39, 0.29) is 0 Å². The Bertz CT molecular complexity index is 949. The number of aromatic nitrogens is 3. The first-order chi connectivity index (χ1) is 9.42. The van der Waals surface area contributed by atoms with E-state index in [1.807, 2.05) is 18.6 Å². The normalized spacial score (nSPS) is 13.1. The molecule has 0 bridgehead atoms. The average molecular weight is 248 g/mol. The van der Waals surface area contributed by atoms with Crippen LogP contribution in [0.4, 0.5) is 0 Å². The van der Waals surface area contributed by atoms with Crippen LogP contribution in [0.25, 0.3) is 28.1 Å². The van der Waals surface area contributed by atoms with E-state index in [1.54, 1.807) is 6.20 Å². The van der Waals surface area contributed by atoms with Crippen LogP contribution in [-0.4, -0.2) is 9.38 Å². The highest BCUT2D eigenvalue weighted by Gasteiger charge is 2.35. The van der Waals surface area contributed by atoms with Gasteiger partial charge >= 0.3 is 5.89 Å². The molecule has 0 radical (unpaired) electrons. The van der Waals surface area contributed by atoms with E-state index in [1.165, 1.54) is 11.1 Å². The summed E-state index contributed by atoms with van der Waals surface area (Å²) in [5.41, 5.74) is 5.63. The van der Waals surface area contributed by atoms with Crippen molar-refractivity contribution in [1.82, 2.24) is 9.38 Å². The van der Waals surface area contributed by atoms with Crippen LogP contribution in [0.5, 0.6) is 0 Å². The molecule has 0 saturated heterocycles. The Morgan fingerprint density at radius 1 is 1.26 bits per heavy atom. The van der Waals surface area contributed by atoms with Gasteiger partial charge in [-0.15, -0.1) is 4.57 Å². The molecule has 4 heterocycles. The summed E-state index contributed by atoms with van der Waals surface area (Å²) >= 11 is 0. The van der Waals surface area contributed by atoms with Crippen LogP contribution in [0, 0.1) is 0 Å². The van der Waals surface area contributed by atoms with Gasteiger partial charge in [0.05, 0.1) is 18.0 Å². The number of hydrogen-bond donors (Lipinski definition) is 0. The molecule has 0 N–H and O–H groups in total. The zero-order valence-corrected chi connectivity index (χ0v) is 10.1. The lowest BCUT2D eigenvalue weighted by molar-refractivity contribution is -0.648. The van der Waals surface area contributed by atoms with Gasteiger partial charge in [0, 0.05) is 18.0 Å². The molecule has 4 heteroatoms. The topological polar surface area (TPSA) is 34.3 Å². The molecular weight excluding hydrogens is 238 g/mol. The van der Waals surface area contributed by atoms with Crippen LogP contribution in [0.1, 0.15) is 5.56 Å². The van der Waals surface area contributed by atoms with Crippen LogP contribution in [0.2, 0.25) is 0 Å². The van der Waals surface area contributed by atoms with Crippen LogP contribution in [0.15, 0.2) is 53.5 Å². The standard InChI is InChI=1S/C15H10N3O/c1-2-4-11-10(3-1)8-18-14-12-7-16-5-6-17(12)9-13(14)19-15(11)18/h1-7,9H,8H2/q+1. The summed E-state index contributed by atoms with van der Waals surface area (Å²) in [6, 6.07) is 8.39. The molecule has 3 aromatic heterocycles. The summed E-state index contributed by atoms with van der Waals surface area (Å²) in [6.07, 6.45) is 7.62. The second kappa shape index (κ2) is 3.03. The number of nitrogens with zero attached hydrogens (tertiary/aromatic N) is 3. The molecule has 1 aliphatic heterocycles. The maximum absolute atomic E-state index is 6.04. The fourth-order valence-corrected chi connectivity index (χ4v) is 2.98. The van der Waals surface area contributed by atoms with E-state index in [4.69, 9.17) is 4.42 Å². The van der Waals surface area contributed by atoms with E-state index >= 15 is 0 Å². The molecule has 4 nitrogen and oxygen atoms in total. The van der Waals surface area contributed by atoms with Crippen molar-refractivity contribution in [1.29, 1.82) is 0 Å². The molecule has 1 aliphatic rings. The Hall–Kier alpha value is -2.62. The molecule has 1 aromatic carbocycles. The summed E-state index contributed by atoms with van der Waals surface area (Å²) in [5, 5.41) is 0. The number of oxazole rings is 1. The Kier molecular flexibility index (Phi) is 1.49. The van der Waals surface area contributed by atoms with Gasteiger partial charge in [-0.3, -0.25) is 4.98 Å². The van der Waals surface area contributed by atoms with E-state index in [0.717, 1.165) is 29.1 Å². The lowest BCUT2D eigenvalue weighted by Crippen LogP contribution is -2.30. The number of fused-ring (bicyclic) bond motifs is 7. The van der Waals surface area contributed by atoms with Crippen molar-refractivity contribution in [2.75, 3.05) is 0 Å².